The van der Waals surface area contributed by atoms with Crippen LogP contribution in [0.4, 0.5) is 4.39 Å². The van der Waals surface area contributed by atoms with Gasteiger partial charge in [0.1, 0.15) is 16.1 Å². The predicted molar refractivity (Wildman–Crippen MR) is 80.3 cm³/mol. The number of halogens is 2. The van der Waals surface area contributed by atoms with Crippen LogP contribution in [-0.4, -0.2) is 9.97 Å². The van der Waals surface area contributed by atoms with E-state index in [-0.39, 0.29) is 11.4 Å². The summed E-state index contributed by atoms with van der Waals surface area (Å²) in [5, 5.41) is 0. The second kappa shape index (κ2) is 6.31. The van der Waals surface area contributed by atoms with Crippen LogP contribution in [0, 0.1) is 11.7 Å². The van der Waals surface area contributed by atoms with Gasteiger partial charge in [0.05, 0.1) is 5.69 Å². The Hall–Kier alpha value is -1.49. The molecule has 1 N–H and O–H groups in total. The maximum Gasteiger partial charge on any atom is 0.265 e. The van der Waals surface area contributed by atoms with Gasteiger partial charge < -0.3 is 4.98 Å². The monoisotopic (exact) mass is 338 g/mol. The number of benzene rings is 1. The predicted octanol–water partition coefficient (Wildman–Crippen LogP) is 3.46. The lowest BCUT2D eigenvalue weighted by atomic mass is 10.1. The van der Waals surface area contributed by atoms with Crippen LogP contribution in [0.25, 0.3) is 0 Å². The lowest BCUT2D eigenvalue weighted by molar-refractivity contribution is 0.624. The van der Waals surface area contributed by atoms with Gasteiger partial charge in [-0.05, 0) is 46.0 Å². The molecule has 0 unspecified atom stereocenters. The average Bonchev–Trinajstić information content (AvgIpc) is 2.37. The number of nitrogens with one attached hydrogen (secondary N) is 1. The highest BCUT2D eigenvalue weighted by Gasteiger charge is 2.11. The molecule has 0 aliphatic heterocycles. The van der Waals surface area contributed by atoms with Gasteiger partial charge in [0, 0.05) is 6.42 Å². The molecule has 0 aliphatic rings. The number of H-pyrrole nitrogens is 1. The van der Waals surface area contributed by atoms with Crippen LogP contribution in [0.5, 0.6) is 0 Å². The quantitative estimate of drug-likeness (QED) is 0.927. The molecule has 0 atom stereocenters. The molecule has 0 saturated heterocycles. The third-order valence-electron chi connectivity index (χ3n) is 2.87. The molecule has 0 bridgehead atoms. The lowest BCUT2D eigenvalue weighted by Crippen LogP contribution is -2.17. The van der Waals surface area contributed by atoms with E-state index in [4.69, 9.17) is 0 Å². The van der Waals surface area contributed by atoms with Crippen molar-refractivity contribution >= 4 is 15.9 Å². The first-order valence-corrected chi connectivity index (χ1v) is 7.27. The van der Waals surface area contributed by atoms with E-state index in [9.17, 15) is 9.18 Å². The Morgan fingerprint density at radius 1 is 1.30 bits per heavy atom. The summed E-state index contributed by atoms with van der Waals surface area (Å²) in [6, 6.07) is 6.20. The Kier molecular flexibility index (Phi) is 4.70. The first-order chi connectivity index (χ1) is 9.45. The van der Waals surface area contributed by atoms with Crippen molar-refractivity contribution < 1.29 is 4.39 Å². The molecule has 0 amide bonds. The summed E-state index contributed by atoms with van der Waals surface area (Å²) in [7, 11) is 0. The van der Waals surface area contributed by atoms with Crippen LogP contribution >= 0.6 is 15.9 Å². The van der Waals surface area contributed by atoms with Crippen molar-refractivity contribution in [2.24, 2.45) is 5.92 Å². The minimum absolute atomic E-state index is 0.173. The highest BCUT2D eigenvalue weighted by Crippen LogP contribution is 2.15. The highest BCUT2D eigenvalue weighted by molar-refractivity contribution is 9.10. The molecule has 5 heteroatoms. The number of hydrogen-bond acceptors (Lipinski definition) is 2. The zero-order valence-corrected chi connectivity index (χ0v) is 13.0. The molecular formula is C15H16BrFN2O. The minimum atomic E-state index is -0.272. The molecule has 20 heavy (non-hydrogen) atoms. The van der Waals surface area contributed by atoms with Gasteiger partial charge in [0.15, 0.2) is 0 Å². The topological polar surface area (TPSA) is 45.8 Å². The van der Waals surface area contributed by atoms with Crippen LogP contribution in [0.3, 0.4) is 0 Å². The van der Waals surface area contributed by atoms with Gasteiger partial charge in [0.2, 0.25) is 0 Å². The van der Waals surface area contributed by atoms with Crippen LogP contribution in [0.15, 0.2) is 33.5 Å². The third-order valence-corrected chi connectivity index (χ3v) is 3.68. The minimum Gasteiger partial charge on any atom is -0.309 e. The van der Waals surface area contributed by atoms with E-state index in [1.165, 1.54) is 12.1 Å². The van der Waals surface area contributed by atoms with Gasteiger partial charge in [-0.15, -0.1) is 0 Å². The molecule has 2 rings (SSSR count). The van der Waals surface area contributed by atoms with E-state index in [0.717, 1.165) is 17.7 Å². The van der Waals surface area contributed by atoms with Gasteiger partial charge >= 0.3 is 0 Å². The zero-order valence-electron chi connectivity index (χ0n) is 11.4. The lowest BCUT2D eigenvalue weighted by Gasteiger charge is -2.09. The zero-order chi connectivity index (χ0) is 14.7. The van der Waals surface area contributed by atoms with Gasteiger partial charge in [-0.25, -0.2) is 9.37 Å². The number of rotatable bonds is 4. The fraction of sp³-hybridized carbons (Fsp3) is 0.333. The second-order valence-corrected chi connectivity index (χ2v) is 5.97. The summed E-state index contributed by atoms with van der Waals surface area (Å²) < 4.78 is 13.4. The first kappa shape index (κ1) is 14.9. The van der Waals surface area contributed by atoms with E-state index in [2.05, 4.69) is 39.7 Å². The summed E-state index contributed by atoms with van der Waals surface area (Å²) in [6.45, 7) is 4.16. The Morgan fingerprint density at radius 3 is 2.55 bits per heavy atom. The smallest absolute Gasteiger partial charge is 0.265 e. The van der Waals surface area contributed by atoms with Crippen LogP contribution in [0.1, 0.15) is 30.9 Å². The molecular weight excluding hydrogens is 323 g/mol. The van der Waals surface area contributed by atoms with Crippen molar-refractivity contribution in [3.05, 3.63) is 62.0 Å². The molecule has 0 fully saturated rings. The van der Waals surface area contributed by atoms with Gasteiger partial charge in [-0.1, -0.05) is 26.0 Å². The van der Waals surface area contributed by atoms with Crippen molar-refractivity contribution in [3.63, 3.8) is 0 Å². The normalized spacial score (nSPS) is 11.1. The van der Waals surface area contributed by atoms with Crippen molar-refractivity contribution in [1.29, 1.82) is 0 Å². The van der Waals surface area contributed by atoms with E-state index in [1.54, 1.807) is 12.1 Å². The summed E-state index contributed by atoms with van der Waals surface area (Å²) in [4.78, 5) is 19.1. The third kappa shape index (κ3) is 3.76. The molecule has 106 valence electrons. The van der Waals surface area contributed by atoms with E-state index >= 15 is 0 Å². The molecule has 0 spiro atoms. The molecule has 3 nitrogen and oxygen atoms in total. The van der Waals surface area contributed by atoms with Crippen molar-refractivity contribution in [2.45, 2.75) is 26.7 Å². The van der Waals surface area contributed by atoms with Crippen molar-refractivity contribution in [1.82, 2.24) is 9.97 Å². The summed E-state index contributed by atoms with van der Waals surface area (Å²) in [6.07, 6.45) is 1.22. The Labute approximate surface area is 125 Å². The van der Waals surface area contributed by atoms with E-state index in [1.807, 2.05) is 0 Å². The maximum absolute atomic E-state index is 12.9. The fourth-order valence-electron chi connectivity index (χ4n) is 1.96. The SMILES string of the molecule is CC(C)Cc1nc(Cc2ccc(F)cc2)[nH]c(=O)c1Br. The van der Waals surface area contributed by atoms with Crippen LogP contribution in [-0.2, 0) is 12.8 Å². The second-order valence-electron chi connectivity index (χ2n) is 5.17. The maximum atomic E-state index is 12.9. The summed E-state index contributed by atoms with van der Waals surface area (Å²) >= 11 is 3.28. The largest absolute Gasteiger partial charge is 0.309 e. The van der Waals surface area contributed by atoms with E-state index < -0.39 is 0 Å². The number of aromatic nitrogens is 2. The number of aromatic amines is 1. The highest BCUT2D eigenvalue weighted by atomic mass is 79.9. The fourth-order valence-corrected chi connectivity index (χ4v) is 2.31. The molecule has 0 saturated carbocycles. The summed E-state index contributed by atoms with van der Waals surface area (Å²) in [5.41, 5.74) is 1.50. The molecule has 1 aromatic carbocycles. The number of hydrogen-bond donors (Lipinski definition) is 1. The van der Waals surface area contributed by atoms with Gasteiger partial charge in [-0.3, -0.25) is 4.79 Å². The Balaban J connectivity index is 2.30. The summed E-state index contributed by atoms with van der Waals surface area (Å²) in [5.74, 6) is 0.742. The number of nitrogens with zero attached hydrogens (tertiary/aromatic N) is 1. The van der Waals surface area contributed by atoms with Crippen molar-refractivity contribution in [2.75, 3.05) is 0 Å². The van der Waals surface area contributed by atoms with Gasteiger partial charge in [0.25, 0.3) is 5.56 Å². The van der Waals surface area contributed by atoms with Crippen LogP contribution < -0.4 is 5.56 Å². The van der Waals surface area contributed by atoms with Crippen LogP contribution in [0.2, 0.25) is 0 Å². The molecule has 1 aromatic heterocycles. The first-order valence-electron chi connectivity index (χ1n) is 6.47. The molecule has 0 aliphatic carbocycles. The Morgan fingerprint density at radius 2 is 1.95 bits per heavy atom. The molecule has 0 radical (unpaired) electrons. The molecule has 2 aromatic rings. The van der Waals surface area contributed by atoms with Crippen molar-refractivity contribution in [3.8, 4) is 0 Å². The molecule has 1 heterocycles. The average molecular weight is 339 g/mol. The van der Waals surface area contributed by atoms with E-state index in [0.29, 0.717) is 22.6 Å². The van der Waals surface area contributed by atoms with Gasteiger partial charge in [-0.2, -0.15) is 0 Å². The Bertz CT molecular complexity index is 650. The standard InChI is InChI=1S/C15H16BrFN2O/c1-9(2)7-12-14(16)15(20)19-13(18-12)8-10-3-5-11(17)6-4-10/h3-6,9H,7-8H2,1-2H3,(H,18,19,20).